The fraction of sp³-hybridized carbons (Fsp3) is 0.588. The van der Waals surface area contributed by atoms with Gasteiger partial charge in [0.05, 0.1) is 12.1 Å². The van der Waals surface area contributed by atoms with Crippen LogP contribution in [0.25, 0.3) is 0 Å². The van der Waals surface area contributed by atoms with Crippen LogP contribution >= 0.6 is 12.4 Å². The molecule has 0 aliphatic heterocycles. The lowest BCUT2D eigenvalue weighted by Crippen LogP contribution is -2.56. The van der Waals surface area contributed by atoms with Gasteiger partial charge in [-0.15, -0.1) is 12.4 Å². The molecule has 3 N–H and O–H groups in total. The van der Waals surface area contributed by atoms with Crippen molar-refractivity contribution in [1.82, 2.24) is 5.32 Å². The zero-order valence-electron chi connectivity index (χ0n) is 13.5. The highest BCUT2D eigenvalue weighted by Crippen LogP contribution is 2.26. The quantitative estimate of drug-likeness (QED) is 0.833. The lowest BCUT2D eigenvalue weighted by Gasteiger charge is -2.32. The Morgan fingerprint density at radius 3 is 2.70 bits per heavy atom. The molecule has 0 heterocycles. The van der Waals surface area contributed by atoms with E-state index in [2.05, 4.69) is 5.32 Å². The zero-order chi connectivity index (χ0) is 16.0. The summed E-state index contributed by atoms with van der Waals surface area (Å²) < 4.78 is 18.9. The van der Waals surface area contributed by atoms with Crippen molar-refractivity contribution < 1.29 is 13.9 Å². The highest BCUT2D eigenvalue weighted by molar-refractivity contribution is 5.86. The molecule has 0 radical (unpaired) electrons. The minimum atomic E-state index is -0.741. The molecule has 23 heavy (non-hydrogen) atoms. The van der Waals surface area contributed by atoms with E-state index in [0.717, 1.165) is 32.1 Å². The molecule has 1 aliphatic carbocycles. The average molecular weight is 345 g/mol. The number of hydrogen-bond acceptors (Lipinski definition) is 3. The molecule has 1 unspecified atom stereocenters. The smallest absolute Gasteiger partial charge is 0.240 e. The van der Waals surface area contributed by atoms with Crippen LogP contribution in [0.5, 0.6) is 5.75 Å². The van der Waals surface area contributed by atoms with Crippen molar-refractivity contribution in [2.45, 2.75) is 57.1 Å². The topological polar surface area (TPSA) is 64.4 Å². The summed E-state index contributed by atoms with van der Waals surface area (Å²) in [4.78, 5) is 12.3. The van der Waals surface area contributed by atoms with E-state index in [9.17, 15) is 9.18 Å². The second-order valence-corrected chi connectivity index (χ2v) is 6.03. The number of rotatable bonds is 6. The van der Waals surface area contributed by atoms with Crippen molar-refractivity contribution in [3.8, 4) is 5.75 Å². The van der Waals surface area contributed by atoms with Gasteiger partial charge in [0, 0.05) is 6.07 Å². The molecule has 1 fully saturated rings. The molecule has 130 valence electrons. The van der Waals surface area contributed by atoms with Gasteiger partial charge in [0.25, 0.3) is 0 Å². The van der Waals surface area contributed by atoms with Gasteiger partial charge in [0.15, 0.2) is 0 Å². The van der Waals surface area contributed by atoms with E-state index in [4.69, 9.17) is 10.5 Å². The monoisotopic (exact) mass is 344 g/mol. The Balaban J connectivity index is 0.00000264. The van der Waals surface area contributed by atoms with Crippen molar-refractivity contribution in [2.24, 2.45) is 5.73 Å². The van der Waals surface area contributed by atoms with Crippen molar-refractivity contribution in [3.63, 3.8) is 0 Å². The number of hydrogen-bond donors (Lipinski definition) is 2. The van der Waals surface area contributed by atoms with E-state index < -0.39 is 5.54 Å². The van der Waals surface area contributed by atoms with Gasteiger partial charge >= 0.3 is 0 Å². The van der Waals surface area contributed by atoms with E-state index in [-0.39, 0.29) is 30.2 Å². The van der Waals surface area contributed by atoms with E-state index in [1.807, 2.05) is 6.92 Å². The molecule has 4 nitrogen and oxygen atoms in total. The van der Waals surface area contributed by atoms with Crippen LogP contribution in [0.15, 0.2) is 24.3 Å². The number of amides is 1. The molecule has 0 bridgehead atoms. The Bertz CT molecular complexity index is 507. The molecule has 1 amide bonds. The molecule has 0 saturated heterocycles. The van der Waals surface area contributed by atoms with Gasteiger partial charge in [-0.05, 0) is 31.4 Å². The number of carbonyl (C=O) groups is 1. The van der Waals surface area contributed by atoms with Crippen LogP contribution in [-0.2, 0) is 4.79 Å². The Hall–Kier alpha value is -1.33. The Labute approximate surface area is 143 Å². The summed E-state index contributed by atoms with van der Waals surface area (Å²) in [7, 11) is 0. The first-order valence-electron chi connectivity index (χ1n) is 8.03. The minimum Gasteiger partial charge on any atom is -0.489 e. The van der Waals surface area contributed by atoms with Crippen LogP contribution in [0.3, 0.4) is 0 Å². The summed E-state index contributed by atoms with van der Waals surface area (Å²) in [5.41, 5.74) is 5.46. The van der Waals surface area contributed by atoms with Gasteiger partial charge in [-0.3, -0.25) is 4.79 Å². The number of benzene rings is 1. The molecule has 1 saturated carbocycles. The third-order valence-electron chi connectivity index (χ3n) is 4.24. The molecule has 1 aromatic carbocycles. The summed E-state index contributed by atoms with van der Waals surface area (Å²) >= 11 is 0. The van der Waals surface area contributed by atoms with E-state index in [1.54, 1.807) is 12.1 Å². The summed E-state index contributed by atoms with van der Waals surface area (Å²) in [6.07, 6.45) is 5.14. The maximum atomic E-state index is 13.2. The zero-order valence-corrected chi connectivity index (χ0v) is 14.3. The van der Waals surface area contributed by atoms with Crippen molar-refractivity contribution in [2.75, 3.05) is 6.54 Å². The third-order valence-corrected chi connectivity index (χ3v) is 4.24. The molecule has 1 aromatic rings. The van der Waals surface area contributed by atoms with Crippen LogP contribution in [0.1, 0.15) is 45.4 Å². The van der Waals surface area contributed by atoms with Crippen LogP contribution in [0, 0.1) is 5.82 Å². The van der Waals surface area contributed by atoms with Crippen molar-refractivity contribution in [3.05, 3.63) is 30.1 Å². The fourth-order valence-corrected chi connectivity index (χ4v) is 2.79. The van der Waals surface area contributed by atoms with Crippen LogP contribution in [0.4, 0.5) is 4.39 Å². The van der Waals surface area contributed by atoms with E-state index in [0.29, 0.717) is 18.7 Å². The van der Waals surface area contributed by atoms with Gasteiger partial charge in [0.2, 0.25) is 5.91 Å². The molecule has 0 spiro atoms. The highest BCUT2D eigenvalue weighted by Gasteiger charge is 2.35. The maximum Gasteiger partial charge on any atom is 0.240 e. The molecule has 0 aromatic heterocycles. The number of nitrogens with one attached hydrogen (secondary N) is 1. The van der Waals surface area contributed by atoms with Crippen LogP contribution in [-0.4, -0.2) is 24.1 Å². The lowest BCUT2D eigenvalue weighted by atomic mass is 9.82. The van der Waals surface area contributed by atoms with E-state index >= 15 is 0 Å². The lowest BCUT2D eigenvalue weighted by molar-refractivity contribution is -0.127. The maximum absolute atomic E-state index is 13.2. The van der Waals surface area contributed by atoms with Gasteiger partial charge in [-0.25, -0.2) is 4.39 Å². The number of carbonyl (C=O) groups excluding carboxylic acids is 1. The first-order chi connectivity index (χ1) is 10.5. The summed E-state index contributed by atoms with van der Waals surface area (Å²) in [5, 5.41) is 2.90. The summed E-state index contributed by atoms with van der Waals surface area (Å²) in [6, 6.07) is 6.03. The second kappa shape index (κ2) is 9.08. The minimum absolute atomic E-state index is 0. The van der Waals surface area contributed by atoms with Crippen LogP contribution in [0.2, 0.25) is 0 Å². The van der Waals surface area contributed by atoms with Crippen LogP contribution < -0.4 is 15.8 Å². The number of nitrogens with two attached hydrogens (primary N) is 1. The Morgan fingerprint density at radius 1 is 1.39 bits per heavy atom. The largest absolute Gasteiger partial charge is 0.489 e. The van der Waals surface area contributed by atoms with Gasteiger partial charge in [0.1, 0.15) is 17.7 Å². The van der Waals surface area contributed by atoms with Crippen molar-refractivity contribution in [1.29, 1.82) is 0 Å². The highest BCUT2D eigenvalue weighted by atomic mass is 35.5. The number of ether oxygens (including phenoxy) is 1. The second-order valence-electron chi connectivity index (χ2n) is 6.03. The molecule has 6 heteroatoms. The molecular formula is C17H26ClFN2O2. The first kappa shape index (κ1) is 19.7. The molecule has 2 rings (SSSR count). The normalized spacial score (nSPS) is 17.7. The van der Waals surface area contributed by atoms with Gasteiger partial charge in [-0.2, -0.15) is 0 Å². The predicted octanol–water partition coefficient (Wildman–Crippen LogP) is 3.18. The number of halogens is 2. The average Bonchev–Trinajstić information content (AvgIpc) is 2.51. The van der Waals surface area contributed by atoms with E-state index in [1.165, 1.54) is 12.1 Å². The van der Waals surface area contributed by atoms with Crippen molar-refractivity contribution >= 4 is 18.3 Å². The standard InChI is InChI=1S/C17H25FN2O2.ClH/c1-2-14(22-15-8-6-7-13(18)11-15)12-20-16(21)17(19)9-4-3-5-10-17;/h6-8,11,14H,2-5,9-10,12,19H2,1H3,(H,20,21);1H. The summed E-state index contributed by atoms with van der Waals surface area (Å²) in [5.74, 6) is 0.0363. The molecule has 1 aliphatic rings. The first-order valence-corrected chi connectivity index (χ1v) is 8.03. The Morgan fingerprint density at radius 2 is 2.09 bits per heavy atom. The fourth-order valence-electron chi connectivity index (χ4n) is 2.79. The predicted molar refractivity (Wildman–Crippen MR) is 91.4 cm³/mol. The third kappa shape index (κ3) is 5.66. The molecular weight excluding hydrogens is 319 g/mol. The van der Waals surface area contributed by atoms with Gasteiger partial charge < -0.3 is 15.8 Å². The Kier molecular flexibility index (Phi) is 7.79. The molecule has 1 atom stereocenters. The van der Waals surface area contributed by atoms with Gasteiger partial charge in [-0.1, -0.05) is 32.3 Å². The SMILES string of the molecule is CCC(CNC(=O)C1(N)CCCCC1)Oc1cccc(F)c1.Cl. The summed E-state index contributed by atoms with van der Waals surface area (Å²) in [6.45, 7) is 2.35.